The third kappa shape index (κ3) is 2.10. The fourth-order valence-electron chi connectivity index (χ4n) is 1.93. The van der Waals surface area contributed by atoms with Crippen molar-refractivity contribution in [1.29, 1.82) is 0 Å². The van der Waals surface area contributed by atoms with E-state index in [9.17, 15) is 24.2 Å². The van der Waals surface area contributed by atoms with Gasteiger partial charge in [-0.25, -0.2) is 4.79 Å². The molecule has 0 aliphatic carbocycles. The number of H-pyrrole nitrogens is 1. The first-order valence-electron chi connectivity index (χ1n) is 5.46. The summed E-state index contributed by atoms with van der Waals surface area (Å²) in [5, 5.41) is 28.7. The van der Waals surface area contributed by atoms with Gasteiger partial charge in [0.15, 0.2) is 6.23 Å². The lowest BCUT2D eigenvalue weighted by Gasteiger charge is -2.24. The van der Waals surface area contributed by atoms with Crippen LogP contribution >= 0.6 is 0 Å². The first-order chi connectivity index (χ1) is 8.80. The van der Waals surface area contributed by atoms with Crippen molar-refractivity contribution >= 4 is 0 Å². The van der Waals surface area contributed by atoms with E-state index in [-0.39, 0.29) is 0 Å². The van der Waals surface area contributed by atoms with Gasteiger partial charge in [0.05, 0.1) is 12.8 Å². The van der Waals surface area contributed by atoms with E-state index in [0.29, 0.717) is 10.8 Å². The lowest BCUT2D eigenvalue weighted by Crippen LogP contribution is -2.43. The Morgan fingerprint density at radius 1 is 1.53 bits per heavy atom. The molecular weight excluding hydrogens is 263 g/mol. The van der Waals surface area contributed by atoms with E-state index in [1.165, 1.54) is 6.92 Å². The quantitative estimate of drug-likeness (QED) is 0.480. The largest absolute Gasteiger partial charge is 0.393 e. The number of ether oxygens (including phenoxy) is 1. The van der Waals surface area contributed by atoms with Crippen LogP contribution in [0.1, 0.15) is 13.2 Å². The number of nitrogens with zero attached hydrogens (tertiary/aromatic N) is 1. The van der Waals surface area contributed by atoms with Crippen LogP contribution in [0.25, 0.3) is 0 Å². The van der Waals surface area contributed by atoms with E-state index in [1.54, 1.807) is 4.98 Å². The fraction of sp³-hybridized carbons (Fsp3) is 0.600. The van der Waals surface area contributed by atoms with Crippen molar-refractivity contribution in [3.63, 3.8) is 0 Å². The summed E-state index contributed by atoms with van der Waals surface area (Å²) in [4.78, 5) is 24.1. The zero-order valence-electron chi connectivity index (χ0n) is 9.91. The molecule has 1 aromatic heterocycles. The van der Waals surface area contributed by atoms with E-state index >= 15 is 0 Å². The normalized spacial score (nSPS) is 34.7. The van der Waals surface area contributed by atoms with Crippen molar-refractivity contribution in [3.8, 4) is 0 Å². The van der Waals surface area contributed by atoms with Crippen LogP contribution < -0.4 is 11.2 Å². The number of nitrogens with one attached hydrogen (secondary N) is 1. The molecule has 0 spiro atoms. The molecule has 1 aromatic rings. The first kappa shape index (κ1) is 13.9. The van der Waals surface area contributed by atoms with E-state index in [1.807, 2.05) is 0 Å². The van der Waals surface area contributed by atoms with E-state index in [2.05, 4.69) is 0 Å². The predicted octanol–water partition coefficient (Wildman–Crippen LogP) is -2.32. The number of aromatic amines is 1. The molecule has 9 heteroatoms. The Labute approximate surface area is 105 Å². The summed E-state index contributed by atoms with van der Waals surface area (Å²) in [6.45, 7) is 0.719. The van der Waals surface area contributed by atoms with Gasteiger partial charge in [0.2, 0.25) is 5.82 Å². The van der Waals surface area contributed by atoms with Crippen molar-refractivity contribution in [2.24, 2.45) is 0 Å². The van der Waals surface area contributed by atoms with Crippen LogP contribution in [0.3, 0.4) is 0 Å². The third-order valence-corrected chi connectivity index (χ3v) is 3.14. The van der Waals surface area contributed by atoms with Crippen LogP contribution in [0.5, 0.6) is 0 Å². The summed E-state index contributed by atoms with van der Waals surface area (Å²) < 4.78 is 19.0. The second-order valence-corrected chi connectivity index (χ2v) is 4.56. The Morgan fingerprint density at radius 3 is 2.68 bits per heavy atom. The minimum atomic E-state index is -1.56. The van der Waals surface area contributed by atoms with Crippen LogP contribution in [0.15, 0.2) is 15.8 Å². The van der Waals surface area contributed by atoms with E-state index < -0.39 is 47.7 Å². The standard InChI is InChI=1S/C10H13FN2O6/c1-10(3-14)6(16)5(15)8(19-10)13-2-4(11)7(17)12-9(13)18/h2,5-6,8,14-16H,3H2,1H3,(H,12,17,18)/t5-,6?,8+,10+/m0/s1. The molecular formula is C10H13FN2O6. The summed E-state index contributed by atoms with van der Waals surface area (Å²) in [6.07, 6.45) is -3.86. The summed E-state index contributed by atoms with van der Waals surface area (Å²) in [7, 11) is 0. The number of hydrogen-bond acceptors (Lipinski definition) is 6. The minimum absolute atomic E-state index is 0.574. The van der Waals surface area contributed by atoms with Crippen LogP contribution in [0, 0.1) is 5.82 Å². The number of rotatable bonds is 2. The highest BCUT2D eigenvalue weighted by Gasteiger charge is 2.52. The molecule has 1 aliphatic heterocycles. The van der Waals surface area contributed by atoms with Gasteiger partial charge in [0.25, 0.3) is 5.56 Å². The smallest absolute Gasteiger partial charge is 0.330 e. The third-order valence-electron chi connectivity index (χ3n) is 3.14. The van der Waals surface area contributed by atoms with Gasteiger partial charge in [-0.05, 0) is 6.92 Å². The first-order valence-corrected chi connectivity index (χ1v) is 5.46. The maximum Gasteiger partial charge on any atom is 0.330 e. The minimum Gasteiger partial charge on any atom is -0.393 e. The number of hydrogen-bond donors (Lipinski definition) is 4. The molecule has 0 aromatic carbocycles. The maximum absolute atomic E-state index is 13.2. The lowest BCUT2D eigenvalue weighted by molar-refractivity contribution is -0.118. The Kier molecular flexibility index (Phi) is 3.31. The zero-order valence-corrected chi connectivity index (χ0v) is 9.91. The van der Waals surface area contributed by atoms with Gasteiger partial charge < -0.3 is 20.1 Å². The van der Waals surface area contributed by atoms with Crippen LogP contribution in [-0.4, -0.2) is 49.3 Å². The highest BCUT2D eigenvalue weighted by Crippen LogP contribution is 2.35. The summed E-state index contributed by atoms with van der Waals surface area (Å²) in [5.74, 6) is -1.23. The molecule has 0 amide bonds. The SMILES string of the molecule is C[C@]1(CO)O[C@@H](n2cc(F)c(=O)[nH]c2=O)[C@@H](O)C1O. The predicted molar refractivity (Wildman–Crippen MR) is 58.9 cm³/mol. The highest BCUT2D eigenvalue weighted by molar-refractivity contribution is 5.00. The Bertz CT molecular complexity index is 598. The van der Waals surface area contributed by atoms with Gasteiger partial charge >= 0.3 is 5.69 Å². The molecule has 19 heavy (non-hydrogen) atoms. The molecule has 4 atom stereocenters. The van der Waals surface area contributed by atoms with Gasteiger partial charge in [0, 0.05) is 0 Å². The Hall–Kier alpha value is -1.55. The van der Waals surface area contributed by atoms with Gasteiger partial charge in [-0.15, -0.1) is 0 Å². The highest BCUT2D eigenvalue weighted by atomic mass is 19.1. The number of aliphatic hydroxyl groups excluding tert-OH is 3. The second-order valence-electron chi connectivity index (χ2n) is 4.56. The van der Waals surface area contributed by atoms with E-state index in [4.69, 9.17) is 9.84 Å². The van der Waals surface area contributed by atoms with Crippen LogP contribution in [0.4, 0.5) is 4.39 Å². The number of aromatic nitrogens is 2. The molecule has 1 unspecified atom stereocenters. The van der Waals surface area contributed by atoms with Crippen LogP contribution in [0.2, 0.25) is 0 Å². The topological polar surface area (TPSA) is 125 Å². The molecule has 1 saturated heterocycles. The fourth-order valence-corrected chi connectivity index (χ4v) is 1.93. The van der Waals surface area contributed by atoms with Gasteiger partial charge in [-0.3, -0.25) is 14.3 Å². The zero-order chi connectivity index (χ0) is 14.4. The average molecular weight is 276 g/mol. The lowest BCUT2D eigenvalue weighted by atomic mass is 9.99. The monoisotopic (exact) mass is 276 g/mol. The molecule has 8 nitrogen and oxygen atoms in total. The molecule has 0 radical (unpaired) electrons. The maximum atomic E-state index is 13.2. The molecule has 0 bridgehead atoms. The summed E-state index contributed by atoms with van der Waals surface area (Å²) >= 11 is 0. The average Bonchev–Trinajstić information content (AvgIpc) is 2.59. The van der Waals surface area contributed by atoms with Crippen molar-refractivity contribution in [1.82, 2.24) is 9.55 Å². The summed E-state index contributed by atoms with van der Waals surface area (Å²) in [6, 6.07) is 0. The van der Waals surface area contributed by atoms with Crippen molar-refractivity contribution in [3.05, 3.63) is 32.9 Å². The number of aliphatic hydroxyl groups is 3. The van der Waals surface area contributed by atoms with Crippen LogP contribution in [-0.2, 0) is 4.74 Å². The van der Waals surface area contributed by atoms with Gasteiger partial charge in [0.1, 0.15) is 17.8 Å². The molecule has 106 valence electrons. The van der Waals surface area contributed by atoms with Gasteiger partial charge in [-0.2, -0.15) is 4.39 Å². The molecule has 1 aliphatic rings. The van der Waals surface area contributed by atoms with Crippen molar-refractivity contribution in [2.75, 3.05) is 6.61 Å². The number of halogens is 1. The Balaban J connectivity index is 2.47. The molecule has 4 N–H and O–H groups in total. The molecule has 2 rings (SSSR count). The van der Waals surface area contributed by atoms with Gasteiger partial charge in [-0.1, -0.05) is 0 Å². The summed E-state index contributed by atoms with van der Waals surface area (Å²) in [5.41, 5.74) is -3.68. The van der Waals surface area contributed by atoms with E-state index in [0.717, 1.165) is 0 Å². The molecule has 0 saturated carbocycles. The molecule has 2 heterocycles. The molecule has 1 fully saturated rings. The second kappa shape index (κ2) is 4.53. The van der Waals surface area contributed by atoms with Crippen molar-refractivity contribution in [2.45, 2.75) is 31.0 Å². The Morgan fingerprint density at radius 2 is 2.16 bits per heavy atom. The van der Waals surface area contributed by atoms with Crippen molar-refractivity contribution < 1.29 is 24.4 Å².